The van der Waals surface area contributed by atoms with Gasteiger partial charge in [0.2, 0.25) is 5.91 Å². The van der Waals surface area contributed by atoms with E-state index in [0.717, 1.165) is 50.4 Å². The van der Waals surface area contributed by atoms with E-state index < -0.39 is 5.54 Å². The lowest BCUT2D eigenvalue weighted by Crippen LogP contribution is -2.54. The Morgan fingerprint density at radius 3 is 2.77 bits per heavy atom. The Hall–Kier alpha value is -2.41. The fraction of sp³-hybridized carbons (Fsp3) is 0.526. The quantitative estimate of drug-likeness (QED) is 0.846. The van der Waals surface area contributed by atoms with Crippen molar-refractivity contribution in [2.75, 3.05) is 31.1 Å². The third-order valence-electron chi connectivity index (χ3n) is 5.49. The molecule has 2 N–H and O–H groups in total. The number of pyridine rings is 1. The molecule has 4 heterocycles. The molecule has 2 aliphatic heterocycles. The van der Waals surface area contributed by atoms with Gasteiger partial charge < -0.3 is 15.5 Å². The monoisotopic (exact) mass is 354 g/mol. The maximum absolute atomic E-state index is 13.1. The van der Waals surface area contributed by atoms with Crippen molar-refractivity contribution in [3.05, 3.63) is 42.4 Å². The molecule has 0 aliphatic carbocycles. The van der Waals surface area contributed by atoms with Crippen LogP contribution < -0.4 is 15.5 Å². The van der Waals surface area contributed by atoms with Crippen molar-refractivity contribution in [1.82, 2.24) is 25.4 Å². The van der Waals surface area contributed by atoms with Crippen LogP contribution >= 0.6 is 0 Å². The number of nitrogens with one attached hydrogen (secondary N) is 2. The number of anilines is 1. The Kier molecular flexibility index (Phi) is 4.88. The van der Waals surface area contributed by atoms with Crippen LogP contribution in [0.2, 0.25) is 0 Å². The molecule has 2 aromatic rings. The molecule has 2 aromatic heterocycles. The molecule has 0 unspecified atom stereocenters. The van der Waals surface area contributed by atoms with Gasteiger partial charge >= 0.3 is 0 Å². The molecule has 138 valence electrons. The number of carbonyl (C=O) groups excluding carboxylic acids is 1. The van der Waals surface area contributed by atoms with Crippen LogP contribution in [-0.4, -0.2) is 46.9 Å². The van der Waals surface area contributed by atoms with Gasteiger partial charge in [0.25, 0.3) is 0 Å². The Balaban J connectivity index is 1.46. The first kappa shape index (κ1) is 17.0. The first-order valence-electron chi connectivity index (χ1n) is 9.47. The highest BCUT2D eigenvalue weighted by atomic mass is 16.2. The van der Waals surface area contributed by atoms with Crippen LogP contribution in [0.15, 0.2) is 36.8 Å². The lowest BCUT2D eigenvalue weighted by molar-refractivity contribution is -0.132. The van der Waals surface area contributed by atoms with Gasteiger partial charge in [0.1, 0.15) is 11.4 Å². The maximum Gasteiger partial charge on any atom is 0.248 e. The highest BCUT2D eigenvalue weighted by Crippen LogP contribution is 2.27. The van der Waals surface area contributed by atoms with Crippen molar-refractivity contribution in [2.45, 2.75) is 37.8 Å². The molecule has 0 radical (unpaired) electrons. The van der Waals surface area contributed by atoms with Gasteiger partial charge in [0.15, 0.2) is 0 Å². The van der Waals surface area contributed by atoms with Gasteiger partial charge in [-0.25, -0.2) is 4.98 Å². The average molecular weight is 354 g/mol. The smallest absolute Gasteiger partial charge is 0.248 e. The van der Waals surface area contributed by atoms with Crippen LogP contribution in [0.1, 0.15) is 31.2 Å². The predicted molar refractivity (Wildman–Crippen MR) is 99.8 cm³/mol. The molecule has 1 amide bonds. The van der Waals surface area contributed by atoms with E-state index in [-0.39, 0.29) is 5.91 Å². The van der Waals surface area contributed by atoms with Crippen LogP contribution in [0, 0.1) is 0 Å². The lowest BCUT2D eigenvalue weighted by Gasteiger charge is -2.36. The first-order chi connectivity index (χ1) is 12.8. The summed E-state index contributed by atoms with van der Waals surface area (Å²) in [6, 6.07) is 5.94. The van der Waals surface area contributed by atoms with Crippen LogP contribution in [0.25, 0.3) is 0 Å². The van der Waals surface area contributed by atoms with E-state index in [0.29, 0.717) is 6.54 Å². The summed E-state index contributed by atoms with van der Waals surface area (Å²) in [6.45, 7) is 4.29. The number of carbonyl (C=O) groups is 1. The van der Waals surface area contributed by atoms with Crippen molar-refractivity contribution >= 4 is 11.7 Å². The summed E-state index contributed by atoms with van der Waals surface area (Å²) in [4.78, 5) is 19.9. The van der Waals surface area contributed by atoms with Crippen molar-refractivity contribution < 1.29 is 4.79 Å². The lowest BCUT2D eigenvalue weighted by atomic mass is 9.87. The van der Waals surface area contributed by atoms with Crippen molar-refractivity contribution in [3.8, 4) is 0 Å². The summed E-state index contributed by atoms with van der Waals surface area (Å²) in [5.41, 5.74) is 0.485. The second-order valence-electron chi connectivity index (χ2n) is 7.13. The summed E-state index contributed by atoms with van der Waals surface area (Å²) in [5.74, 6) is 1.06. The molecule has 2 aliphatic rings. The Labute approximate surface area is 153 Å². The molecule has 7 heteroatoms. The van der Waals surface area contributed by atoms with Crippen LogP contribution in [0.5, 0.6) is 0 Å². The second kappa shape index (κ2) is 7.45. The third-order valence-corrected chi connectivity index (χ3v) is 5.49. The van der Waals surface area contributed by atoms with Gasteiger partial charge in [-0.3, -0.25) is 9.48 Å². The zero-order valence-electron chi connectivity index (χ0n) is 15.0. The molecule has 0 bridgehead atoms. The number of nitrogens with zero attached hydrogens (tertiary/aromatic N) is 4. The van der Waals surface area contributed by atoms with Gasteiger partial charge in [-0.1, -0.05) is 0 Å². The molecule has 0 spiro atoms. The molecular weight excluding hydrogens is 328 g/mol. The number of hydrogen-bond acceptors (Lipinski definition) is 5. The van der Waals surface area contributed by atoms with E-state index in [1.54, 1.807) is 6.20 Å². The molecule has 0 saturated carbocycles. The highest BCUT2D eigenvalue weighted by Gasteiger charge is 2.41. The summed E-state index contributed by atoms with van der Waals surface area (Å²) in [6.07, 6.45) is 9.41. The molecule has 26 heavy (non-hydrogen) atoms. The average Bonchev–Trinajstić information content (AvgIpc) is 3.41. The summed E-state index contributed by atoms with van der Waals surface area (Å²) in [5, 5.41) is 10.8. The minimum Gasteiger partial charge on any atom is -0.357 e. The first-order valence-corrected chi connectivity index (χ1v) is 9.47. The minimum absolute atomic E-state index is 0.0437. The van der Waals surface area contributed by atoms with Gasteiger partial charge in [-0.15, -0.1) is 0 Å². The van der Waals surface area contributed by atoms with Crippen LogP contribution in [0.4, 0.5) is 5.82 Å². The van der Waals surface area contributed by atoms with Crippen LogP contribution in [-0.2, 0) is 16.9 Å². The molecule has 0 aromatic carbocycles. The Morgan fingerprint density at radius 1 is 1.23 bits per heavy atom. The van der Waals surface area contributed by atoms with E-state index in [2.05, 4.69) is 31.7 Å². The van der Waals surface area contributed by atoms with E-state index in [4.69, 9.17) is 0 Å². The number of hydrogen-bond donors (Lipinski definition) is 2. The maximum atomic E-state index is 13.1. The number of piperidine rings is 1. The molecule has 0 atom stereocenters. The number of amides is 1. The van der Waals surface area contributed by atoms with Gasteiger partial charge in [-0.05, 0) is 62.5 Å². The molecular formula is C19H26N6O. The van der Waals surface area contributed by atoms with E-state index >= 15 is 0 Å². The predicted octanol–water partition coefficient (Wildman–Crippen LogP) is 1.27. The van der Waals surface area contributed by atoms with Crippen molar-refractivity contribution in [3.63, 3.8) is 0 Å². The van der Waals surface area contributed by atoms with Gasteiger partial charge in [-0.2, -0.15) is 5.10 Å². The third kappa shape index (κ3) is 3.31. The van der Waals surface area contributed by atoms with Crippen molar-refractivity contribution in [2.24, 2.45) is 0 Å². The summed E-state index contributed by atoms with van der Waals surface area (Å²) >= 11 is 0. The fourth-order valence-corrected chi connectivity index (χ4v) is 3.96. The second-order valence-corrected chi connectivity index (χ2v) is 7.13. The largest absolute Gasteiger partial charge is 0.357 e. The summed E-state index contributed by atoms with van der Waals surface area (Å²) in [7, 11) is 0. The number of aromatic nitrogens is 3. The molecule has 4 rings (SSSR count). The highest BCUT2D eigenvalue weighted by molar-refractivity contribution is 5.84. The topological polar surface area (TPSA) is 75.1 Å². The molecule has 2 saturated heterocycles. The number of rotatable bonds is 5. The molecule has 7 nitrogen and oxygen atoms in total. The Morgan fingerprint density at radius 2 is 2.04 bits per heavy atom. The van der Waals surface area contributed by atoms with Crippen molar-refractivity contribution in [1.29, 1.82) is 0 Å². The Bertz CT molecular complexity index is 732. The fourth-order valence-electron chi connectivity index (χ4n) is 3.96. The van der Waals surface area contributed by atoms with E-state index in [1.807, 2.05) is 29.2 Å². The minimum atomic E-state index is -0.598. The SMILES string of the molecule is O=C(NCc1ccnc(N2CCCC2)c1)C1(n2cccn2)CCNCC1. The standard InChI is InChI=1S/C19H26N6O/c26-18(19(5-9-20-10-6-19)25-13-3-7-23-25)22-15-16-4-8-21-17(14-16)24-11-1-2-12-24/h3-4,7-8,13-14,20H,1-2,5-6,9-12,15H2,(H,22,26). The summed E-state index contributed by atoms with van der Waals surface area (Å²) < 4.78 is 1.82. The van der Waals surface area contributed by atoms with E-state index in [1.165, 1.54) is 12.8 Å². The van der Waals surface area contributed by atoms with E-state index in [9.17, 15) is 4.79 Å². The van der Waals surface area contributed by atoms with Gasteiger partial charge in [0.05, 0.1) is 0 Å². The zero-order valence-corrected chi connectivity index (χ0v) is 15.0. The molecule has 2 fully saturated rings. The van der Waals surface area contributed by atoms with Crippen LogP contribution in [0.3, 0.4) is 0 Å². The normalized spacial score (nSPS) is 19.5. The zero-order chi connectivity index (χ0) is 17.8. The van der Waals surface area contributed by atoms with Gasteiger partial charge in [0, 0.05) is 38.2 Å².